The van der Waals surface area contributed by atoms with Gasteiger partial charge < -0.3 is 15.4 Å². The number of hydrogen-bond acceptors (Lipinski definition) is 3. The maximum Gasteiger partial charge on any atom is 0.221 e. The summed E-state index contributed by atoms with van der Waals surface area (Å²) in [6.07, 6.45) is 2.15. The lowest BCUT2D eigenvalue weighted by Crippen LogP contribution is -2.19. The third kappa shape index (κ3) is 3.20. The lowest BCUT2D eigenvalue weighted by atomic mass is 10.2. The van der Waals surface area contributed by atoms with Crippen LogP contribution in [0.2, 0.25) is 0 Å². The van der Waals surface area contributed by atoms with E-state index < -0.39 is 0 Å². The zero-order valence-electron chi connectivity index (χ0n) is 10.2. The first-order valence-electron chi connectivity index (χ1n) is 5.91. The Kier molecular flexibility index (Phi) is 3.64. The monoisotopic (exact) mass is 234 g/mol. The minimum Gasteiger partial charge on any atom is -0.359 e. The average molecular weight is 234 g/mol. The molecule has 0 radical (unpaired) electrons. The number of carbonyl (C=O) groups is 1. The Hall–Kier alpha value is -1.55. The van der Waals surface area contributed by atoms with Gasteiger partial charge in [0.05, 0.1) is 11.4 Å². The number of benzene rings is 1. The first kappa shape index (κ1) is 11.9. The van der Waals surface area contributed by atoms with Crippen LogP contribution in [-0.4, -0.2) is 18.7 Å². The summed E-state index contributed by atoms with van der Waals surface area (Å²) >= 11 is 0. The molecule has 2 rings (SSSR count). The van der Waals surface area contributed by atoms with Gasteiger partial charge in [-0.25, -0.2) is 0 Å². The molecule has 4 heteroatoms. The van der Waals surface area contributed by atoms with Gasteiger partial charge in [0.2, 0.25) is 5.91 Å². The van der Waals surface area contributed by atoms with Crippen molar-refractivity contribution in [3.8, 4) is 0 Å². The summed E-state index contributed by atoms with van der Waals surface area (Å²) in [5.41, 5.74) is 2.88. The molecule has 1 unspecified atom stereocenters. The van der Waals surface area contributed by atoms with Gasteiger partial charge in [0.15, 0.2) is 0 Å². The van der Waals surface area contributed by atoms with Crippen LogP contribution in [0.4, 0.5) is 11.4 Å². The van der Waals surface area contributed by atoms with Crippen molar-refractivity contribution in [2.45, 2.75) is 32.9 Å². The van der Waals surface area contributed by atoms with Gasteiger partial charge in [0.25, 0.3) is 0 Å². The number of nitrogens with one attached hydrogen (secondary N) is 2. The first-order valence-corrected chi connectivity index (χ1v) is 5.91. The summed E-state index contributed by atoms with van der Waals surface area (Å²) in [5.74, 6) is -0.0655. The fourth-order valence-corrected chi connectivity index (χ4v) is 1.94. The molecule has 17 heavy (non-hydrogen) atoms. The highest BCUT2D eigenvalue weighted by atomic mass is 16.5. The van der Waals surface area contributed by atoms with Gasteiger partial charge in [0, 0.05) is 13.5 Å². The number of rotatable bonds is 3. The molecule has 1 amide bonds. The summed E-state index contributed by atoms with van der Waals surface area (Å²) in [6.45, 7) is 4.34. The Morgan fingerprint density at radius 2 is 2.24 bits per heavy atom. The molecule has 92 valence electrons. The topological polar surface area (TPSA) is 50.4 Å². The van der Waals surface area contributed by atoms with Gasteiger partial charge in [-0.05, 0) is 37.5 Å². The Morgan fingerprint density at radius 1 is 1.41 bits per heavy atom. The highest BCUT2D eigenvalue weighted by Crippen LogP contribution is 2.26. The summed E-state index contributed by atoms with van der Waals surface area (Å²) in [4.78, 5) is 11.1. The van der Waals surface area contributed by atoms with Crippen LogP contribution < -0.4 is 10.6 Å². The minimum atomic E-state index is -0.0655. The Balaban J connectivity index is 2.16. The van der Waals surface area contributed by atoms with Crippen LogP contribution in [0.15, 0.2) is 18.2 Å². The van der Waals surface area contributed by atoms with Crippen molar-refractivity contribution in [3.05, 3.63) is 23.8 Å². The van der Waals surface area contributed by atoms with Gasteiger partial charge >= 0.3 is 0 Å². The number of ether oxygens (including phenoxy) is 1. The highest BCUT2D eigenvalue weighted by Gasteiger charge is 2.16. The second kappa shape index (κ2) is 5.19. The highest BCUT2D eigenvalue weighted by molar-refractivity contribution is 5.92. The van der Waals surface area contributed by atoms with Crippen molar-refractivity contribution in [1.82, 2.24) is 0 Å². The van der Waals surface area contributed by atoms with Crippen molar-refractivity contribution in [3.63, 3.8) is 0 Å². The summed E-state index contributed by atoms with van der Waals surface area (Å²) in [5, 5.41) is 6.14. The van der Waals surface area contributed by atoms with Gasteiger partial charge in [-0.3, -0.25) is 4.79 Å². The average Bonchev–Trinajstić information content (AvgIpc) is 2.74. The second-order valence-electron chi connectivity index (χ2n) is 4.38. The van der Waals surface area contributed by atoms with Crippen LogP contribution in [0.5, 0.6) is 0 Å². The lowest BCUT2D eigenvalue weighted by Gasteiger charge is -2.17. The molecule has 0 saturated carbocycles. The van der Waals surface area contributed by atoms with E-state index in [0.29, 0.717) is 0 Å². The van der Waals surface area contributed by atoms with E-state index in [0.717, 1.165) is 36.4 Å². The fourth-order valence-electron chi connectivity index (χ4n) is 1.94. The molecule has 0 spiro atoms. The standard InChI is InChI=1S/C13H18N2O2/c1-9-5-6-11(14-10(2)16)12(8-9)15-13-4-3-7-17-13/h5-6,8,13,15H,3-4,7H2,1-2H3,(H,14,16). The van der Waals surface area contributed by atoms with Crippen LogP contribution >= 0.6 is 0 Å². The van der Waals surface area contributed by atoms with Gasteiger partial charge in [-0.2, -0.15) is 0 Å². The van der Waals surface area contributed by atoms with E-state index >= 15 is 0 Å². The molecular weight excluding hydrogens is 216 g/mol. The zero-order chi connectivity index (χ0) is 12.3. The number of hydrogen-bond donors (Lipinski definition) is 2. The maximum atomic E-state index is 11.1. The molecule has 1 fully saturated rings. The van der Waals surface area contributed by atoms with E-state index in [-0.39, 0.29) is 12.1 Å². The van der Waals surface area contributed by atoms with Crippen molar-refractivity contribution in [2.24, 2.45) is 0 Å². The van der Waals surface area contributed by atoms with Gasteiger partial charge in [-0.15, -0.1) is 0 Å². The van der Waals surface area contributed by atoms with E-state index in [1.165, 1.54) is 6.92 Å². The normalized spacial score (nSPS) is 19.1. The second-order valence-corrected chi connectivity index (χ2v) is 4.38. The maximum absolute atomic E-state index is 11.1. The van der Waals surface area contributed by atoms with Gasteiger partial charge in [-0.1, -0.05) is 6.07 Å². The molecular formula is C13H18N2O2. The predicted octanol–water partition coefficient (Wildman–Crippen LogP) is 2.50. The molecule has 1 heterocycles. The minimum absolute atomic E-state index is 0.0595. The molecule has 0 bridgehead atoms. The van der Waals surface area contributed by atoms with Crippen molar-refractivity contribution >= 4 is 17.3 Å². The van der Waals surface area contributed by atoms with Crippen LogP contribution in [0.1, 0.15) is 25.3 Å². The first-order chi connectivity index (χ1) is 8.15. The molecule has 1 atom stereocenters. The number of anilines is 2. The predicted molar refractivity (Wildman–Crippen MR) is 68.1 cm³/mol. The van der Waals surface area contributed by atoms with Crippen LogP contribution in [0.3, 0.4) is 0 Å². The van der Waals surface area contributed by atoms with Crippen LogP contribution in [0, 0.1) is 6.92 Å². The summed E-state index contributed by atoms with van der Waals surface area (Å²) < 4.78 is 5.53. The van der Waals surface area contributed by atoms with E-state index in [2.05, 4.69) is 10.6 Å². The van der Waals surface area contributed by atoms with E-state index in [4.69, 9.17) is 4.74 Å². The summed E-state index contributed by atoms with van der Waals surface area (Å²) in [6, 6.07) is 5.91. The van der Waals surface area contributed by atoms with E-state index in [9.17, 15) is 4.79 Å². The number of amides is 1. The Bertz CT molecular complexity index is 412. The molecule has 1 saturated heterocycles. The third-order valence-electron chi connectivity index (χ3n) is 2.73. The van der Waals surface area contributed by atoms with E-state index in [1.807, 2.05) is 25.1 Å². The van der Waals surface area contributed by atoms with Crippen LogP contribution in [0.25, 0.3) is 0 Å². The van der Waals surface area contributed by atoms with E-state index in [1.54, 1.807) is 0 Å². The molecule has 2 N–H and O–H groups in total. The summed E-state index contributed by atoms with van der Waals surface area (Å²) in [7, 11) is 0. The van der Waals surface area contributed by atoms with Gasteiger partial charge in [0.1, 0.15) is 6.23 Å². The largest absolute Gasteiger partial charge is 0.359 e. The molecule has 1 aliphatic heterocycles. The molecule has 0 aromatic heterocycles. The van der Waals surface area contributed by atoms with Crippen molar-refractivity contribution in [1.29, 1.82) is 0 Å². The Morgan fingerprint density at radius 3 is 2.88 bits per heavy atom. The SMILES string of the molecule is CC(=O)Nc1ccc(C)cc1NC1CCCO1. The van der Waals surface area contributed by atoms with Crippen molar-refractivity contribution < 1.29 is 9.53 Å². The molecule has 0 aliphatic carbocycles. The van der Waals surface area contributed by atoms with Crippen molar-refractivity contribution in [2.75, 3.05) is 17.2 Å². The van der Waals surface area contributed by atoms with Crippen LogP contribution in [-0.2, 0) is 9.53 Å². The zero-order valence-corrected chi connectivity index (χ0v) is 10.2. The smallest absolute Gasteiger partial charge is 0.221 e. The fraction of sp³-hybridized carbons (Fsp3) is 0.462. The quantitative estimate of drug-likeness (QED) is 0.844. The number of carbonyl (C=O) groups excluding carboxylic acids is 1. The molecule has 1 aromatic carbocycles. The Labute approximate surface area is 101 Å². The molecule has 1 aromatic rings. The molecule has 4 nitrogen and oxygen atoms in total. The third-order valence-corrected chi connectivity index (χ3v) is 2.73. The lowest BCUT2D eigenvalue weighted by molar-refractivity contribution is -0.114. The number of aryl methyl sites for hydroxylation is 1. The molecule has 1 aliphatic rings.